The molecule has 1 unspecified atom stereocenters. The fraction of sp³-hybridized carbons (Fsp3) is 0.462. The van der Waals surface area contributed by atoms with Gasteiger partial charge in [-0.3, -0.25) is 19.3 Å². The summed E-state index contributed by atoms with van der Waals surface area (Å²) in [6.45, 7) is 17.0. The van der Waals surface area contributed by atoms with Crippen molar-refractivity contribution in [3.05, 3.63) is 84.0 Å². The number of carbonyl (C=O) groups is 6. The summed E-state index contributed by atoms with van der Waals surface area (Å²) >= 11 is 0. The topological polar surface area (TPSA) is 175 Å². The number of rotatable bonds is 20. The first-order valence-electron chi connectivity index (χ1n) is 23.6. The van der Waals surface area contributed by atoms with Crippen LogP contribution in [-0.2, 0) is 35.3 Å². The Labute approximate surface area is 391 Å². The lowest BCUT2D eigenvalue weighted by molar-refractivity contribution is -0.139. The molecule has 3 aromatic carbocycles. The molecule has 0 spiro atoms. The predicted octanol–water partition coefficient (Wildman–Crippen LogP) is 10.5. The van der Waals surface area contributed by atoms with E-state index in [1.54, 1.807) is 28.0 Å². The standard InChI is InChI=1S/C52H63N5O10/c1-7-9-18-36(8-2)33-57-45-22-21-37(47(58)43(23-29-64-49(60)34(3)4)53-66-51(62)55-25-14-10-15-26-55)31-40(45)41-32-42(38-19-12-13-20-39(38)46(41)57)48(59)44(24-30-65-50(61)35(5)6)54-67-52(63)56-27-16-11-17-28-56/h12-13,19-22,31-32,36H,3,5,7-11,14-18,23-30,33H2,1-2,4,6H3/b53-43+,54-44+. The molecule has 3 heterocycles. The number of amides is 2. The molecule has 2 fully saturated rings. The number of aromatic nitrogens is 1. The molecule has 2 aliphatic rings. The van der Waals surface area contributed by atoms with Crippen molar-refractivity contribution in [1.82, 2.24) is 14.4 Å². The molecule has 0 saturated carbocycles. The molecule has 356 valence electrons. The van der Waals surface area contributed by atoms with Gasteiger partial charge in [-0.15, -0.1) is 0 Å². The van der Waals surface area contributed by atoms with Gasteiger partial charge in [0.25, 0.3) is 0 Å². The third kappa shape index (κ3) is 12.4. The molecule has 15 nitrogen and oxygen atoms in total. The summed E-state index contributed by atoms with van der Waals surface area (Å²) in [5.41, 5.74) is 2.33. The van der Waals surface area contributed by atoms with Crippen LogP contribution in [0.4, 0.5) is 9.59 Å². The Hall–Kier alpha value is -6.64. The third-order valence-electron chi connectivity index (χ3n) is 12.4. The Morgan fingerprint density at radius 2 is 1.19 bits per heavy atom. The van der Waals surface area contributed by atoms with E-state index in [9.17, 15) is 28.8 Å². The van der Waals surface area contributed by atoms with Crippen molar-refractivity contribution >= 4 is 79.7 Å². The number of hydrogen-bond donors (Lipinski definition) is 0. The number of oxime groups is 2. The van der Waals surface area contributed by atoms with Crippen molar-refractivity contribution in [2.75, 3.05) is 39.4 Å². The van der Waals surface area contributed by atoms with E-state index in [-0.39, 0.29) is 59.8 Å². The van der Waals surface area contributed by atoms with Crippen molar-refractivity contribution in [1.29, 1.82) is 0 Å². The van der Waals surface area contributed by atoms with Crippen molar-refractivity contribution in [3.8, 4) is 0 Å². The summed E-state index contributed by atoms with van der Waals surface area (Å²) in [4.78, 5) is 94.2. The summed E-state index contributed by atoms with van der Waals surface area (Å²) in [7, 11) is 0. The Bertz CT molecular complexity index is 2600. The van der Waals surface area contributed by atoms with Crippen LogP contribution in [0, 0.1) is 5.92 Å². The highest BCUT2D eigenvalue weighted by atomic mass is 16.7. The van der Waals surface area contributed by atoms with Crippen LogP contribution in [0.15, 0.2) is 83.1 Å². The Balaban J connectivity index is 1.48. The molecule has 2 aliphatic heterocycles. The van der Waals surface area contributed by atoms with Gasteiger partial charge in [0.1, 0.15) is 11.4 Å². The highest BCUT2D eigenvalue weighted by Gasteiger charge is 2.27. The second-order valence-corrected chi connectivity index (χ2v) is 17.5. The van der Waals surface area contributed by atoms with Crippen LogP contribution in [0.2, 0.25) is 0 Å². The van der Waals surface area contributed by atoms with Crippen LogP contribution < -0.4 is 0 Å². The second kappa shape index (κ2) is 23.7. The van der Waals surface area contributed by atoms with Crippen molar-refractivity contribution in [2.45, 2.75) is 111 Å². The number of Topliss-reactive ketones (excluding diaryl/α,β-unsaturated/α-hetero) is 2. The van der Waals surface area contributed by atoms with Crippen molar-refractivity contribution in [2.24, 2.45) is 16.2 Å². The Kier molecular flexibility index (Phi) is 17.6. The third-order valence-corrected chi connectivity index (χ3v) is 12.4. The van der Waals surface area contributed by atoms with Gasteiger partial charge in [0, 0.05) is 89.5 Å². The van der Waals surface area contributed by atoms with E-state index in [2.05, 4.69) is 41.9 Å². The number of ether oxygens (including phenoxy) is 2. The van der Waals surface area contributed by atoms with Gasteiger partial charge in [0.05, 0.1) is 18.7 Å². The number of ketones is 2. The molecule has 2 saturated heterocycles. The number of piperidine rings is 2. The summed E-state index contributed by atoms with van der Waals surface area (Å²) in [5, 5.41) is 11.0. The molecule has 0 bridgehead atoms. The Morgan fingerprint density at radius 1 is 0.657 bits per heavy atom. The minimum absolute atomic E-state index is 0.123. The van der Waals surface area contributed by atoms with Crippen LogP contribution in [-0.4, -0.2) is 101 Å². The summed E-state index contributed by atoms with van der Waals surface area (Å²) in [6, 6.07) is 14.7. The van der Waals surface area contributed by atoms with Crippen molar-refractivity contribution in [3.63, 3.8) is 0 Å². The van der Waals surface area contributed by atoms with Gasteiger partial charge in [-0.05, 0) is 94.4 Å². The zero-order chi connectivity index (χ0) is 48.0. The fourth-order valence-electron chi connectivity index (χ4n) is 8.57. The largest absolute Gasteiger partial charge is 0.462 e. The first kappa shape index (κ1) is 49.8. The molecular formula is C52H63N5O10. The molecule has 0 N–H and O–H groups in total. The van der Waals surface area contributed by atoms with Crippen LogP contribution in [0.25, 0.3) is 32.6 Å². The maximum Gasteiger partial charge on any atom is 0.435 e. The first-order chi connectivity index (χ1) is 32.3. The molecule has 4 aromatic rings. The van der Waals surface area contributed by atoms with Crippen LogP contribution in [0.5, 0.6) is 0 Å². The van der Waals surface area contributed by atoms with Crippen LogP contribution in [0.3, 0.4) is 0 Å². The number of unbranched alkanes of at least 4 members (excludes halogenated alkanes) is 1. The monoisotopic (exact) mass is 917 g/mol. The quantitative estimate of drug-likeness (QED) is 0.0207. The van der Waals surface area contributed by atoms with Gasteiger partial charge in [-0.25, -0.2) is 19.2 Å². The number of esters is 2. The number of carbonyl (C=O) groups excluding carboxylic acids is 6. The highest BCUT2D eigenvalue weighted by molar-refractivity contribution is 6.49. The summed E-state index contributed by atoms with van der Waals surface area (Å²) < 4.78 is 13.0. The lowest BCUT2D eigenvalue weighted by Gasteiger charge is -2.24. The number of fused-ring (bicyclic) bond motifs is 5. The molecule has 2 amide bonds. The minimum Gasteiger partial charge on any atom is -0.462 e. The van der Waals surface area contributed by atoms with E-state index in [1.165, 1.54) is 13.8 Å². The van der Waals surface area contributed by atoms with E-state index >= 15 is 0 Å². The molecule has 1 aromatic heterocycles. The zero-order valence-corrected chi connectivity index (χ0v) is 39.4. The number of hydrogen-bond acceptors (Lipinski definition) is 12. The minimum atomic E-state index is -0.670. The molecule has 0 radical (unpaired) electrons. The van der Waals surface area contributed by atoms with Crippen molar-refractivity contribution < 1.29 is 47.9 Å². The zero-order valence-electron chi connectivity index (χ0n) is 39.4. The van der Waals surface area contributed by atoms with E-state index < -0.39 is 35.7 Å². The molecule has 15 heteroatoms. The first-order valence-corrected chi connectivity index (χ1v) is 23.6. The van der Waals surface area contributed by atoms with Gasteiger partial charge < -0.3 is 23.8 Å². The van der Waals surface area contributed by atoms with Gasteiger partial charge >= 0.3 is 24.1 Å². The predicted molar refractivity (Wildman–Crippen MR) is 258 cm³/mol. The average Bonchev–Trinajstić information content (AvgIpc) is 3.66. The highest BCUT2D eigenvalue weighted by Crippen LogP contribution is 2.38. The van der Waals surface area contributed by atoms with E-state index in [0.29, 0.717) is 54.8 Å². The van der Waals surface area contributed by atoms with Gasteiger partial charge in [-0.2, -0.15) is 0 Å². The van der Waals surface area contributed by atoms with Crippen LogP contribution >= 0.6 is 0 Å². The number of benzene rings is 3. The maximum atomic E-state index is 14.9. The lowest BCUT2D eigenvalue weighted by Crippen LogP contribution is -2.35. The van der Waals surface area contributed by atoms with E-state index in [0.717, 1.165) is 80.6 Å². The SMILES string of the molecule is C=C(C)C(=O)OCC/C(=N\OC(=O)N1CCCCC1)C(=O)c1ccc2c(c1)c1cc(C(=O)/C(CCOC(=O)C(=C)C)=N/OC(=O)N3CCCCC3)c3ccccc3c1n2CC(CC)CCCC. The summed E-state index contributed by atoms with van der Waals surface area (Å²) in [6.07, 6.45) is 7.76. The van der Waals surface area contributed by atoms with Gasteiger partial charge in [-0.1, -0.05) is 80.8 Å². The number of likely N-dealkylation sites (tertiary alicyclic amines) is 2. The molecule has 1 atom stereocenters. The van der Waals surface area contributed by atoms with Gasteiger partial charge in [0.2, 0.25) is 11.6 Å². The molecule has 6 rings (SSSR count). The normalized spacial score (nSPS) is 15.0. The summed E-state index contributed by atoms with van der Waals surface area (Å²) in [5.74, 6) is -2.01. The smallest absolute Gasteiger partial charge is 0.435 e. The Morgan fingerprint density at radius 3 is 1.72 bits per heavy atom. The van der Waals surface area contributed by atoms with Crippen LogP contribution in [0.1, 0.15) is 125 Å². The van der Waals surface area contributed by atoms with E-state index in [4.69, 9.17) is 19.1 Å². The van der Waals surface area contributed by atoms with E-state index in [1.807, 2.05) is 30.3 Å². The number of nitrogens with zero attached hydrogens (tertiary/aromatic N) is 5. The fourth-order valence-corrected chi connectivity index (χ4v) is 8.57. The maximum absolute atomic E-state index is 14.9. The molecular weight excluding hydrogens is 855 g/mol. The molecule has 0 aliphatic carbocycles. The average molecular weight is 918 g/mol. The lowest BCUT2D eigenvalue weighted by atomic mass is 9.94. The second-order valence-electron chi connectivity index (χ2n) is 17.5. The van der Waals surface area contributed by atoms with Gasteiger partial charge in [0.15, 0.2) is 0 Å². The molecule has 67 heavy (non-hydrogen) atoms.